The summed E-state index contributed by atoms with van der Waals surface area (Å²) in [6.07, 6.45) is 8.38. The van der Waals surface area contributed by atoms with Gasteiger partial charge >= 0.3 is 0 Å². The topological polar surface area (TPSA) is 56.7 Å². The number of fused-ring (bicyclic) bond motifs is 1. The van der Waals surface area contributed by atoms with E-state index in [0.717, 1.165) is 23.3 Å². The Kier molecular flexibility index (Phi) is 2.96. The number of hydrogen-bond acceptors (Lipinski definition) is 3. The number of nitrogens with two attached hydrogens (primary N) is 1. The van der Waals surface area contributed by atoms with Crippen molar-refractivity contribution in [3.63, 3.8) is 0 Å². The lowest BCUT2D eigenvalue weighted by atomic mass is 9.83. The quantitative estimate of drug-likeness (QED) is 0.919. The van der Waals surface area contributed by atoms with Crippen LogP contribution in [0.4, 0.5) is 5.95 Å². The van der Waals surface area contributed by atoms with Gasteiger partial charge in [0, 0.05) is 12.7 Å². The summed E-state index contributed by atoms with van der Waals surface area (Å²) in [7, 11) is 0. The van der Waals surface area contributed by atoms with E-state index in [1.54, 1.807) is 0 Å². The van der Waals surface area contributed by atoms with Crippen LogP contribution in [-0.4, -0.2) is 14.5 Å². The molecule has 0 bridgehead atoms. The van der Waals surface area contributed by atoms with E-state index in [2.05, 4.69) is 27.5 Å². The number of nitrogens with zero attached hydrogens (tertiary/aromatic N) is 3. The lowest BCUT2D eigenvalue weighted by Crippen LogP contribution is -2.23. The number of imidazole rings is 1. The molecule has 0 aliphatic heterocycles. The molecule has 0 aromatic carbocycles. The first-order valence-electron chi connectivity index (χ1n) is 7.22. The summed E-state index contributed by atoms with van der Waals surface area (Å²) >= 11 is 0. The van der Waals surface area contributed by atoms with E-state index >= 15 is 0 Å². The van der Waals surface area contributed by atoms with E-state index in [1.165, 1.54) is 32.1 Å². The van der Waals surface area contributed by atoms with Crippen LogP contribution in [0.15, 0.2) is 12.3 Å². The number of pyridine rings is 1. The standard InChI is InChI=1S/C15H22N4/c1-3-15(6-4-5-7-15)10-19-13-12(18-14(19)16)8-11(2)9-17-13/h8-9H,3-7,10H2,1-2H3,(H2,16,18). The van der Waals surface area contributed by atoms with Crippen molar-refractivity contribution in [1.29, 1.82) is 0 Å². The highest BCUT2D eigenvalue weighted by Gasteiger charge is 2.33. The molecule has 102 valence electrons. The van der Waals surface area contributed by atoms with Gasteiger partial charge in [0.2, 0.25) is 5.95 Å². The van der Waals surface area contributed by atoms with Crippen LogP contribution in [0.3, 0.4) is 0 Å². The minimum Gasteiger partial charge on any atom is -0.369 e. The molecule has 0 radical (unpaired) electrons. The lowest BCUT2D eigenvalue weighted by molar-refractivity contribution is 0.241. The highest BCUT2D eigenvalue weighted by atomic mass is 15.2. The van der Waals surface area contributed by atoms with Gasteiger partial charge < -0.3 is 5.73 Å². The van der Waals surface area contributed by atoms with E-state index in [-0.39, 0.29) is 0 Å². The van der Waals surface area contributed by atoms with Crippen LogP contribution in [0.5, 0.6) is 0 Å². The van der Waals surface area contributed by atoms with Crippen LogP contribution >= 0.6 is 0 Å². The molecule has 0 unspecified atom stereocenters. The Morgan fingerprint density at radius 2 is 2.11 bits per heavy atom. The third-order valence-electron chi connectivity index (χ3n) is 4.66. The molecule has 1 fully saturated rings. The minimum atomic E-state index is 0.397. The zero-order valence-corrected chi connectivity index (χ0v) is 11.8. The normalized spacial score (nSPS) is 18.2. The Balaban J connectivity index is 2.02. The molecule has 2 heterocycles. The fourth-order valence-corrected chi connectivity index (χ4v) is 3.37. The smallest absolute Gasteiger partial charge is 0.202 e. The molecule has 0 spiro atoms. The zero-order valence-electron chi connectivity index (χ0n) is 11.8. The predicted octanol–water partition coefficient (Wildman–Crippen LogP) is 3.29. The van der Waals surface area contributed by atoms with E-state index < -0.39 is 0 Å². The maximum absolute atomic E-state index is 6.11. The van der Waals surface area contributed by atoms with E-state index in [1.807, 2.05) is 13.1 Å². The summed E-state index contributed by atoms with van der Waals surface area (Å²) in [5, 5.41) is 0. The largest absolute Gasteiger partial charge is 0.369 e. The average molecular weight is 258 g/mol. The predicted molar refractivity (Wildman–Crippen MR) is 77.9 cm³/mol. The van der Waals surface area contributed by atoms with Gasteiger partial charge in [0.15, 0.2) is 5.65 Å². The Morgan fingerprint density at radius 3 is 2.79 bits per heavy atom. The fourth-order valence-electron chi connectivity index (χ4n) is 3.37. The van der Waals surface area contributed by atoms with Crippen molar-refractivity contribution >= 4 is 17.1 Å². The van der Waals surface area contributed by atoms with Crippen LogP contribution in [0, 0.1) is 12.3 Å². The van der Waals surface area contributed by atoms with E-state index in [9.17, 15) is 0 Å². The molecule has 3 rings (SSSR count). The van der Waals surface area contributed by atoms with E-state index in [0.29, 0.717) is 11.4 Å². The molecule has 0 atom stereocenters. The monoisotopic (exact) mass is 258 g/mol. The summed E-state index contributed by atoms with van der Waals surface area (Å²) in [6, 6.07) is 2.06. The van der Waals surface area contributed by atoms with Crippen LogP contribution in [0.25, 0.3) is 11.2 Å². The van der Waals surface area contributed by atoms with Crippen LogP contribution in [0.2, 0.25) is 0 Å². The molecule has 1 aliphatic carbocycles. The lowest BCUT2D eigenvalue weighted by Gasteiger charge is -2.28. The molecule has 2 N–H and O–H groups in total. The highest BCUT2D eigenvalue weighted by molar-refractivity contribution is 5.74. The SMILES string of the molecule is CCC1(Cn2c(N)nc3cc(C)cnc32)CCCC1. The number of aromatic nitrogens is 3. The highest BCUT2D eigenvalue weighted by Crippen LogP contribution is 2.43. The van der Waals surface area contributed by atoms with Crippen molar-refractivity contribution in [3.8, 4) is 0 Å². The van der Waals surface area contributed by atoms with Crippen molar-refractivity contribution in [3.05, 3.63) is 17.8 Å². The molecule has 1 saturated carbocycles. The second-order valence-electron chi connectivity index (χ2n) is 5.97. The first kappa shape index (κ1) is 12.5. The van der Waals surface area contributed by atoms with Crippen LogP contribution in [-0.2, 0) is 6.54 Å². The maximum atomic E-state index is 6.11. The van der Waals surface area contributed by atoms with Gasteiger partial charge in [0.05, 0.1) is 0 Å². The minimum absolute atomic E-state index is 0.397. The number of aryl methyl sites for hydroxylation is 1. The summed E-state index contributed by atoms with van der Waals surface area (Å²) in [6.45, 7) is 5.28. The van der Waals surface area contributed by atoms with Gasteiger partial charge in [0.25, 0.3) is 0 Å². The Morgan fingerprint density at radius 1 is 1.37 bits per heavy atom. The number of nitrogen functional groups attached to an aromatic ring is 1. The third-order valence-corrected chi connectivity index (χ3v) is 4.66. The van der Waals surface area contributed by atoms with Crippen molar-refractivity contribution in [1.82, 2.24) is 14.5 Å². The second-order valence-corrected chi connectivity index (χ2v) is 5.97. The molecule has 0 amide bonds. The number of rotatable bonds is 3. The molecule has 4 heteroatoms. The van der Waals surface area contributed by atoms with Gasteiger partial charge in [0.1, 0.15) is 5.52 Å². The fraction of sp³-hybridized carbons (Fsp3) is 0.600. The summed E-state index contributed by atoms with van der Waals surface area (Å²) < 4.78 is 2.11. The first-order valence-corrected chi connectivity index (χ1v) is 7.22. The van der Waals surface area contributed by atoms with Crippen LogP contribution < -0.4 is 5.73 Å². The van der Waals surface area contributed by atoms with Gasteiger partial charge in [-0.3, -0.25) is 4.57 Å². The molecule has 4 nitrogen and oxygen atoms in total. The number of hydrogen-bond donors (Lipinski definition) is 1. The summed E-state index contributed by atoms with van der Waals surface area (Å²) in [5.41, 5.74) is 9.48. The molecule has 1 aliphatic rings. The molecule has 2 aromatic rings. The second kappa shape index (κ2) is 4.51. The van der Waals surface area contributed by atoms with E-state index in [4.69, 9.17) is 5.73 Å². The van der Waals surface area contributed by atoms with Gasteiger partial charge in [-0.15, -0.1) is 0 Å². The van der Waals surface area contributed by atoms with Gasteiger partial charge in [-0.05, 0) is 43.2 Å². The van der Waals surface area contributed by atoms with Crippen molar-refractivity contribution < 1.29 is 0 Å². The van der Waals surface area contributed by atoms with Crippen molar-refractivity contribution in [2.45, 2.75) is 52.5 Å². The molecular formula is C15H22N4. The van der Waals surface area contributed by atoms with Gasteiger partial charge in [-0.1, -0.05) is 19.8 Å². The Bertz CT molecular complexity index is 593. The zero-order chi connectivity index (χ0) is 13.5. The molecule has 2 aromatic heterocycles. The Hall–Kier alpha value is -1.58. The summed E-state index contributed by atoms with van der Waals surface area (Å²) in [4.78, 5) is 8.99. The maximum Gasteiger partial charge on any atom is 0.202 e. The van der Waals surface area contributed by atoms with Gasteiger partial charge in [-0.2, -0.15) is 0 Å². The first-order chi connectivity index (χ1) is 9.13. The van der Waals surface area contributed by atoms with Crippen LogP contribution in [0.1, 0.15) is 44.6 Å². The molecule has 0 saturated heterocycles. The van der Waals surface area contributed by atoms with Crippen molar-refractivity contribution in [2.75, 3.05) is 5.73 Å². The third kappa shape index (κ3) is 2.09. The van der Waals surface area contributed by atoms with Gasteiger partial charge in [-0.25, -0.2) is 9.97 Å². The Labute approximate surface area is 114 Å². The van der Waals surface area contributed by atoms with Crippen molar-refractivity contribution in [2.24, 2.45) is 5.41 Å². The number of anilines is 1. The molecular weight excluding hydrogens is 236 g/mol. The average Bonchev–Trinajstić information content (AvgIpc) is 2.96. The molecule has 19 heavy (non-hydrogen) atoms. The summed E-state index contributed by atoms with van der Waals surface area (Å²) in [5.74, 6) is 0.604.